The zero-order valence-corrected chi connectivity index (χ0v) is 16.7. The van der Waals surface area contributed by atoms with Crippen LogP contribution >= 0.6 is 0 Å². The van der Waals surface area contributed by atoms with Crippen molar-refractivity contribution in [1.82, 2.24) is 0 Å². The van der Waals surface area contributed by atoms with Crippen LogP contribution in [0.5, 0.6) is 5.75 Å². The molecule has 3 rings (SSSR count). The molecule has 0 unspecified atom stereocenters. The molecule has 0 fully saturated rings. The van der Waals surface area contributed by atoms with Crippen LogP contribution in [0.15, 0.2) is 59.0 Å². The van der Waals surface area contributed by atoms with Crippen molar-refractivity contribution in [3.8, 4) is 17.1 Å². The van der Waals surface area contributed by atoms with Gasteiger partial charge < -0.3 is 9.15 Å². The molecular weight excluding hydrogens is 377 g/mol. The summed E-state index contributed by atoms with van der Waals surface area (Å²) in [4.78, 5) is 0. The molecule has 0 saturated carbocycles. The van der Waals surface area contributed by atoms with Crippen molar-refractivity contribution in [2.45, 2.75) is 45.7 Å². The maximum atomic E-state index is 12.7. The van der Waals surface area contributed by atoms with Gasteiger partial charge in [-0.3, -0.25) is 0 Å². The third-order valence-electron chi connectivity index (χ3n) is 4.88. The van der Waals surface area contributed by atoms with Crippen molar-refractivity contribution in [2.75, 3.05) is 6.61 Å². The van der Waals surface area contributed by atoms with Crippen LogP contribution in [0, 0.1) is 0 Å². The molecule has 0 aliphatic rings. The first-order chi connectivity index (χ1) is 13.9. The Labute approximate surface area is 169 Å². The van der Waals surface area contributed by atoms with E-state index in [0.717, 1.165) is 54.9 Å². The van der Waals surface area contributed by atoms with Gasteiger partial charge in [-0.1, -0.05) is 38.1 Å². The van der Waals surface area contributed by atoms with E-state index < -0.39 is 11.7 Å². The average molecular weight is 402 g/mol. The van der Waals surface area contributed by atoms with E-state index in [0.29, 0.717) is 17.9 Å². The number of hydrogen-bond donors (Lipinski definition) is 0. The number of ether oxygens (including phenoxy) is 1. The lowest BCUT2D eigenvalue weighted by Gasteiger charge is -2.07. The van der Waals surface area contributed by atoms with Gasteiger partial charge >= 0.3 is 6.18 Å². The third-order valence-corrected chi connectivity index (χ3v) is 4.88. The predicted molar refractivity (Wildman–Crippen MR) is 108 cm³/mol. The van der Waals surface area contributed by atoms with Crippen LogP contribution in [0.25, 0.3) is 11.3 Å². The van der Waals surface area contributed by atoms with E-state index in [1.165, 1.54) is 17.7 Å². The second-order valence-electron chi connectivity index (χ2n) is 6.94. The molecule has 0 N–H and O–H groups in total. The molecule has 0 atom stereocenters. The fourth-order valence-corrected chi connectivity index (χ4v) is 3.25. The molecule has 3 aromatic rings. The minimum atomic E-state index is -4.34. The van der Waals surface area contributed by atoms with E-state index in [4.69, 9.17) is 9.15 Å². The summed E-state index contributed by atoms with van der Waals surface area (Å²) in [5.74, 6) is 2.34. The van der Waals surface area contributed by atoms with Crippen LogP contribution < -0.4 is 4.74 Å². The quantitative estimate of drug-likeness (QED) is 0.375. The van der Waals surface area contributed by atoms with Crippen LogP contribution in [0.3, 0.4) is 0 Å². The predicted octanol–water partition coefficient (Wildman–Crippen LogP) is 7.10. The number of rotatable bonds is 8. The molecule has 0 saturated heterocycles. The number of aryl methyl sites for hydroxylation is 3. The highest BCUT2D eigenvalue weighted by molar-refractivity contribution is 5.59. The SMILES string of the molecule is CCc1cccc(OCCCc2cc(-c3ccc(C(F)(F)F)cc3)oc2CC)c1. The fourth-order valence-electron chi connectivity index (χ4n) is 3.25. The van der Waals surface area contributed by atoms with Gasteiger partial charge in [-0.2, -0.15) is 13.2 Å². The van der Waals surface area contributed by atoms with E-state index in [2.05, 4.69) is 19.1 Å². The minimum absolute atomic E-state index is 0.594. The lowest BCUT2D eigenvalue weighted by atomic mass is 10.1. The number of benzene rings is 2. The molecular formula is C24H25F3O2. The minimum Gasteiger partial charge on any atom is -0.494 e. The molecule has 2 nitrogen and oxygen atoms in total. The van der Waals surface area contributed by atoms with Gasteiger partial charge in [0.05, 0.1) is 12.2 Å². The summed E-state index contributed by atoms with van der Waals surface area (Å²) in [6, 6.07) is 15.1. The second kappa shape index (κ2) is 9.21. The highest BCUT2D eigenvalue weighted by atomic mass is 19.4. The topological polar surface area (TPSA) is 22.4 Å². The Balaban J connectivity index is 1.62. The van der Waals surface area contributed by atoms with E-state index in [1.54, 1.807) is 0 Å². The van der Waals surface area contributed by atoms with Gasteiger partial charge in [0.15, 0.2) is 0 Å². The van der Waals surface area contributed by atoms with Crippen LogP contribution in [0.1, 0.15) is 42.7 Å². The molecule has 0 radical (unpaired) electrons. The molecule has 154 valence electrons. The Morgan fingerprint density at radius 1 is 0.931 bits per heavy atom. The number of alkyl halides is 3. The van der Waals surface area contributed by atoms with Crippen molar-refractivity contribution in [3.63, 3.8) is 0 Å². The van der Waals surface area contributed by atoms with E-state index in [9.17, 15) is 13.2 Å². The normalized spacial score (nSPS) is 11.6. The zero-order valence-electron chi connectivity index (χ0n) is 16.7. The first-order valence-corrected chi connectivity index (χ1v) is 9.91. The molecule has 0 aliphatic heterocycles. The van der Waals surface area contributed by atoms with Crippen LogP contribution in [-0.2, 0) is 25.4 Å². The van der Waals surface area contributed by atoms with Gasteiger partial charge in [-0.05, 0) is 60.7 Å². The molecule has 0 spiro atoms. The average Bonchev–Trinajstić information content (AvgIpc) is 3.14. The maximum Gasteiger partial charge on any atom is 0.416 e. The van der Waals surface area contributed by atoms with Gasteiger partial charge in [0, 0.05) is 12.0 Å². The summed E-state index contributed by atoms with van der Waals surface area (Å²) >= 11 is 0. The number of furan rings is 1. The Bertz CT molecular complexity index is 924. The zero-order chi connectivity index (χ0) is 20.9. The highest BCUT2D eigenvalue weighted by Crippen LogP contribution is 2.32. The monoisotopic (exact) mass is 402 g/mol. The van der Waals surface area contributed by atoms with Crippen molar-refractivity contribution >= 4 is 0 Å². The van der Waals surface area contributed by atoms with Gasteiger partial charge in [0.25, 0.3) is 0 Å². The van der Waals surface area contributed by atoms with Crippen molar-refractivity contribution in [3.05, 3.63) is 77.0 Å². The summed E-state index contributed by atoms with van der Waals surface area (Å²) in [5, 5.41) is 0. The molecule has 1 heterocycles. The molecule has 0 bridgehead atoms. The number of halogens is 3. The van der Waals surface area contributed by atoms with Crippen molar-refractivity contribution in [1.29, 1.82) is 0 Å². The van der Waals surface area contributed by atoms with Gasteiger partial charge in [0.1, 0.15) is 17.3 Å². The summed E-state index contributed by atoms with van der Waals surface area (Å²) in [7, 11) is 0. The molecule has 29 heavy (non-hydrogen) atoms. The standard InChI is InChI=1S/C24H25F3O2/c1-3-17-7-5-9-21(15-17)28-14-6-8-19-16-23(29-22(19)4-2)18-10-12-20(13-11-18)24(25,26)27/h5,7,9-13,15-16H,3-4,6,8,14H2,1-2H3. The molecule has 1 aromatic heterocycles. The van der Waals surface area contributed by atoms with E-state index in [-0.39, 0.29) is 0 Å². The second-order valence-corrected chi connectivity index (χ2v) is 6.94. The summed E-state index contributed by atoms with van der Waals surface area (Å²) < 4.78 is 50.0. The van der Waals surface area contributed by atoms with Crippen molar-refractivity contribution < 1.29 is 22.3 Å². The van der Waals surface area contributed by atoms with Crippen LogP contribution in [-0.4, -0.2) is 6.61 Å². The summed E-state index contributed by atoms with van der Waals surface area (Å²) in [5.41, 5.74) is 2.31. The Morgan fingerprint density at radius 3 is 2.34 bits per heavy atom. The summed E-state index contributed by atoms with van der Waals surface area (Å²) in [6.45, 7) is 4.71. The first kappa shape index (κ1) is 21.0. The molecule has 0 amide bonds. The van der Waals surface area contributed by atoms with Crippen molar-refractivity contribution in [2.24, 2.45) is 0 Å². The fraction of sp³-hybridized carbons (Fsp3) is 0.333. The third kappa shape index (κ3) is 5.43. The Morgan fingerprint density at radius 2 is 1.69 bits per heavy atom. The van der Waals surface area contributed by atoms with Crippen LogP contribution in [0.4, 0.5) is 13.2 Å². The van der Waals surface area contributed by atoms with Gasteiger partial charge in [0.2, 0.25) is 0 Å². The Kier molecular flexibility index (Phi) is 6.68. The maximum absolute atomic E-state index is 12.7. The smallest absolute Gasteiger partial charge is 0.416 e. The van der Waals surface area contributed by atoms with E-state index >= 15 is 0 Å². The molecule has 2 aromatic carbocycles. The van der Waals surface area contributed by atoms with Gasteiger partial charge in [-0.25, -0.2) is 0 Å². The lowest BCUT2D eigenvalue weighted by molar-refractivity contribution is -0.137. The molecule has 5 heteroatoms. The number of hydrogen-bond acceptors (Lipinski definition) is 2. The van der Waals surface area contributed by atoms with Crippen LogP contribution in [0.2, 0.25) is 0 Å². The first-order valence-electron chi connectivity index (χ1n) is 9.91. The summed E-state index contributed by atoms with van der Waals surface area (Å²) in [6.07, 6.45) is -1.01. The largest absolute Gasteiger partial charge is 0.494 e. The highest BCUT2D eigenvalue weighted by Gasteiger charge is 2.30. The lowest BCUT2D eigenvalue weighted by Crippen LogP contribution is -2.03. The van der Waals surface area contributed by atoms with E-state index in [1.807, 2.05) is 25.1 Å². The van der Waals surface area contributed by atoms with Gasteiger partial charge in [-0.15, -0.1) is 0 Å². The molecule has 0 aliphatic carbocycles. The Hall–Kier alpha value is -2.69.